The van der Waals surface area contributed by atoms with Crippen LogP contribution in [0.15, 0.2) is 35.0 Å². The molecule has 0 saturated carbocycles. The summed E-state index contributed by atoms with van der Waals surface area (Å²) in [6, 6.07) is 6.97. The molecule has 0 atom stereocenters. The Labute approximate surface area is 153 Å². The molecule has 1 aliphatic rings. The normalized spacial score (nSPS) is 13.2. The number of aliphatic imine (C=N–C) groups is 1. The number of hydrogen-bond acceptors (Lipinski definition) is 6. The van der Waals surface area contributed by atoms with Crippen LogP contribution in [0.2, 0.25) is 0 Å². The predicted molar refractivity (Wildman–Crippen MR) is 98.8 cm³/mol. The summed E-state index contributed by atoms with van der Waals surface area (Å²) in [5.41, 5.74) is 2.56. The van der Waals surface area contributed by atoms with E-state index in [0.717, 1.165) is 12.0 Å². The number of nitrogens with zero attached hydrogens (tertiary/aromatic N) is 1. The fourth-order valence-corrected chi connectivity index (χ4v) is 2.38. The summed E-state index contributed by atoms with van der Waals surface area (Å²) in [5, 5.41) is 0. The molecule has 0 amide bonds. The molecule has 1 aromatic rings. The molecule has 140 valence electrons. The molecule has 1 aromatic carbocycles. The molecule has 2 rings (SSSR count). The summed E-state index contributed by atoms with van der Waals surface area (Å²) in [6.07, 6.45) is 0.824. The molecule has 0 spiro atoms. The first kappa shape index (κ1) is 19.7. The Morgan fingerprint density at radius 3 is 2.35 bits per heavy atom. The van der Waals surface area contributed by atoms with Crippen molar-refractivity contribution >= 4 is 23.3 Å². The number of carbonyl (C=O) groups is 2. The summed E-state index contributed by atoms with van der Waals surface area (Å²) in [5.74, 6) is -0.0624. The van der Waals surface area contributed by atoms with E-state index in [1.165, 1.54) is 0 Å². The standard InChI is InChI=1S/C20H25NO5/c1-5-11-25-17(22)12-16-19(26-13(3)4)18(21-16)14-7-9-15(10-8-14)20(23)24-6-2/h7-10,13H,5-6,11-12H2,1-4H3. The van der Waals surface area contributed by atoms with Crippen molar-refractivity contribution in [1.82, 2.24) is 0 Å². The second-order valence-electron chi connectivity index (χ2n) is 6.10. The first-order valence-electron chi connectivity index (χ1n) is 8.88. The van der Waals surface area contributed by atoms with Crippen molar-refractivity contribution in [3.8, 4) is 0 Å². The van der Waals surface area contributed by atoms with Gasteiger partial charge in [-0.05, 0) is 39.3 Å². The lowest BCUT2D eigenvalue weighted by molar-refractivity contribution is -0.142. The first-order valence-corrected chi connectivity index (χ1v) is 8.88. The molecule has 1 aliphatic heterocycles. The highest BCUT2D eigenvalue weighted by Crippen LogP contribution is 2.33. The molecule has 0 saturated heterocycles. The SMILES string of the molecule is CCCOC(=O)CC1=NC(c2ccc(C(=O)OCC)cc2)=C1OC(C)C. The van der Waals surface area contributed by atoms with Crippen LogP contribution in [0.1, 0.15) is 56.5 Å². The van der Waals surface area contributed by atoms with E-state index in [9.17, 15) is 9.59 Å². The second kappa shape index (κ2) is 9.17. The molecular weight excluding hydrogens is 334 g/mol. The van der Waals surface area contributed by atoms with Gasteiger partial charge in [-0.3, -0.25) is 4.79 Å². The Balaban J connectivity index is 2.13. The molecule has 0 aliphatic carbocycles. The van der Waals surface area contributed by atoms with Gasteiger partial charge in [-0.2, -0.15) is 0 Å². The maximum atomic E-state index is 11.8. The lowest BCUT2D eigenvalue weighted by Crippen LogP contribution is -2.23. The van der Waals surface area contributed by atoms with Gasteiger partial charge in [0.2, 0.25) is 0 Å². The average molecular weight is 359 g/mol. The summed E-state index contributed by atoms with van der Waals surface area (Å²) >= 11 is 0. The van der Waals surface area contributed by atoms with Crippen molar-refractivity contribution in [2.75, 3.05) is 13.2 Å². The van der Waals surface area contributed by atoms with Gasteiger partial charge >= 0.3 is 11.9 Å². The minimum Gasteiger partial charge on any atom is -0.487 e. The van der Waals surface area contributed by atoms with Crippen LogP contribution in [-0.4, -0.2) is 37.0 Å². The van der Waals surface area contributed by atoms with Crippen LogP contribution in [0.25, 0.3) is 5.70 Å². The molecular formula is C20H25NO5. The van der Waals surface area contributed by atoms with Crippen LogP contribution in [0.3, 0.4) is 0 Å². The molecule has 0 bridgehead atoms. The van der Waals surface area contributed by atoms with Gasteiger partial charge < -0.3 is 14.2 Å². The van der Waals surface area contributed by atoms with Crippen molar-refractivity contribution in [3.05, 3.63) is 41.2 Å². The van der Waals surface area contributed by atoms with Crippen molar-refractivity contribution in [2.45, 2.75) is 46.6 Å². The van der Waals surface area contributed by atoms with E-state index < -0.39 is 0 Å². The Morgan fingerprint density at radius 2 is 1.77 bits per heavy atom. The van der Waals surface area contributed by atoms with Gasteiger partial charge in [-0.25, -0.2) is 9.79 Å². The first-order chi connectivity index (χ1) is 12.5. The number of allylic oxidation sites excluding steroid dienone is 1. The quantitative estimate of drug-likeness (QED) is 0.628. The van der Waals surface area contributed by atoms with Gasteiger partial charge in [0.25, 0.3) is 0 Å². The van der Waals surface area contributed by atoms with Crippen molar-refractivity contribution < 1.29 is 23.8 Å². The van der Waals surface area contributed by atoms with Crippen LogP contribution >= 0.6 is 0 Å². The Kier molecular flexibility index (Phi) is 6.95. The summed E-state index contributed by atoms with van der Waals surface area (Å²) in [7, 11) is 0. The molecule has 0 aromatic heterocycles. The second-order valence-corrected chi connectivity index (χ2v) is 6.10. The van der Waals surface area contributed by atoms with Crippen LogP contribution < -0.4 is 0 Å². The van der Waals surface area contributed by atoms with Crippen molar-refractivity contribution in [2.24, 2.45) is 4.99 Å². The van der Waals surface area contributed by atoms with E-state index >= 15 is 0 Å². The number of carbonyl (C=O) groups excluding carboxylic acids is 2. The predicted octanol–water partition coefficient (Wildman–Crippen LogP) is 3.75. The van der Waals surface area contributed by atoms with Gasteiger partial charge in [-0.1, -0.05) is 19.1 Å². The number of ether oxygens (including phenoxy) is 3. The van der Waals surface area contributed by atoms with E-state index in [1.54, 1.807) is 31.2 Å². The topological polar surface area (TPSA) is 74.2 Å². The van der Waals surface area contributed by atoms with Crippen molar-refractivity contribution in [3.63, 3.8) is 0 Å². The molecule has 1 heterocycles. The molecule has 6 heteroatoms. The zero-order valence-electron chi connectivity index (χ0n) is 15.7. The van der Waals surface area contributed by atoms with E-state index in [0.29, 0.717) is 35.9 Å². The van der Waals surface area contributed by atoms with Gasteiger partial charge in [0.15, 0.2) is 5.76 Å². The van der Waals surface area contributed by atoms with E-state index in [1.807, 2.05) is 20.8 Å². The van der Waals surface area contributed by atoms with E-state index in [-0.39, 0.29) is 24.5 Å². The lowest BCUT2D eigenvalue weighted by Gasteiger charge is -2.25. The molecule has 6 nitrogen and oxygen atoms in total. The average Bonchev–Trinajstić information content (AvgIpc) is 2.61. The third-order valence-corrected chi connectivity index (χ3v) is 3.53. The monoisotopic (exact) mass is 359 g/mol. The van der Waals surface area contributed by atoms with Crippen LogP contribution in [0.5, 0.6) is 0 Å². The van der Waals surface area contributed by atoms with Gasteiger partial charge in [0.1, 0.15) is 5.70 Å². The summed E-state index contributed by atoms with van der Waals surface area (Å²) in [6.45, 7) is 8.28. The fraction of sp³-hybridized carbons (Fsp3) is 0.450. The zero-order valence-corrected chi connectivity index (χ0v) is 15.7. The highest BCUT2D eigenvalue weighted by Gasteiger charge is 2.28. The minimum atomic E-state index is -0.358. The molecule has 0 unspecified atom stereocenters. The van der Waals surface area contributed by atoms with Crippen LogP contribution in [0.4, 0.5) is 0 Å². The van der Waals surface area contributed by atoms with Gasteiger partial charge in [0.05, 0.1) is 37.0 Å². The number of esters is 2. The molecule has 26 heavy (non-hydrogen) atoms. The molecule has 0 radical (unpaired) electrons. The Hall–Kier alpha value is -2.63. The highest BCUT2D eigenvalue weighted by molar-refractivity contribution is 6.19. The smallest absolute Gasteiger partial charge is 0.338 e. The van der Waals surface area contributed by atoms with Gasteiger partial charge in [-0.15, -0.1) is 0 Å². The van der Waals surface area contributed by atoms with Crippen LogP contribution in [-0.2, 0) is 19.0 Å². The van der Waals surface area contributed by atoms with Gasteiger partial charge in [0, 0.05) is 5.56 Å². The number of hydrogen-bond donors (Lipinski definition) is 0. The largest absolute Gasteiger partial charge is 0.487 e. The molecule has 0 N–H and O–H groups in total. The van der Waals surface area contributed by atoms with E-state index in [2.05, 4.69) is 4.99 Å². The van der Waals surface area contributed by atoms with Crippen LogP contribution in [0, 0.1) is 0 Å². The number of rotatable bonds is 9. The zero-order chi connectivity index (χ0) is 19.1. The molecule has 0 fully saturated rings. The Bertz CT molecular complexity index is 716. The Morgan fingerprint density at radius 1 is 1.08 bits per heavy atom. The highest BCUT2D eigenvalue weighted by atomic mass is 16.5. The summed E-state index contributed by atoms with van der Waals surface area (Å²) < 4.78 is 15.9. The fourth-order valence-electron chi connectivity index (χ4n) is 2.38. The van der Waals surface area contributed by atoms with Crippen molar-refractivity contribution in [1.29, 1.82) is 0 Å². The minimum absolute atomic E-state index is 0.0454. The lowest BCUT2D eigenvalue weighted by atomic mass is 10.0. The maximum absolute atomic E-state index is 11.8. The number of benzene rings is 1. The van der Waals surface area contributed by atoms with E-state index in [4.69, 9.17) is 14.2 Å². The third kappa shape index (κ3) is 4.94. The third-order valence-electron chi connectivity index (χ3n) is 3.53. The summed E-state index contributed by atoms with van der Waals surface area (Å²) in [4.78, 5) is 28.0. The maximum Gasteiger partial charge on any atom is 0.338 e.